The molecule has 3 aromatic carbocycles. The number of nitrogens with zero attached hydrogens (tertiary/aromatic N) is 1. The van der Waals surface area contributed by atoms with Crippen LogP contribution in [0.25, 0.3) is 10.8 Å². The van der Waals surface area contributed by atoms with Crippen LogP contribution in [0.5, 0.6) is 0 Å². The Bertz CT molecular complexity index is 1500. The lowest BCUT2D eigenvalue weighted by atomic mass is 9.93. The largest absolute Gasteiger partial charge is 0.455 e. The Hall–Kier alpha value is -3.61. The third-order valence-corrected chi connectivity index (χ3v) is 6.59. The van der Waals surface area contributed by atoms with Crippen LogP contribution in [0.15, 0.2) is 70.2 Å². The van der Waals surface area contributed by atoms with Crippen molar-refractivity contribution in [3.05, 3.63) is 98.9 Å². The molecule has 6 nitrogen and oxygen atoms in total. The van der Waals surface area contributed by atoms with Gasteiger partial charge in [0.1, 0.15) is 5.76 Å². The van der Waals surface area contributed by atoms with Crippen LogP contribution in [-0.2, 0) is 6.42 Å². The molecule has 5 rings (SSSR count). The zero-order valence-corrected chi connectivity index (χ0v) is 20.3. The first kappa shape index (κ1) is 23.1. The predicted octanol–water partition coefficient (Wildman–Crippen LogP) is 6.77. The van der Waals surface area contributed by atoms with Crippen molar-refractivity contribution in [2.75, 3.05) is 5.32 Å². The van der Waals surface area contributed by atoms with Crippen LogP contribution in [0, 0.1) is 6.92 Å². The second kappa shape index (κ2) is 9.56. The third kappa shape index (κ3) is 4.55. The Labute approximate surface area is 211 Å². The van der Waals surface area contributed by atoms with Gasteiger partial charge in [-0.2, -0.15) is 5.10 Å². The van der Waals surface area contributed by atoms with Gasteiger partial charge in [0.15, 0.2) is 5.76 Å². The van der Waals surface area contributed by atoms with Gasteiger partial charge in [-0.05, 0) is 54.8 Å². The zero-order chi connectivity index (χ0) is 24.5. The van der Waals surface area contributed by atoms with Crippen LogP contribution < -0.4 is 10.7 Å². The topological polar surface area (TPSA) is 83.7 Å². The lowest BCUT2D eigenvalue weighted by molar-refractivity contribution is 0.0955. The molecular formula is C27H21Cl2N3O3. The molecule has 2 amide bonds. The fourth-order valence-electron chi connectivity index (χ4n) is 4.37. The molecule has 176 valence electrons. The Morgan fingerprint density at radius 3 is 2.60 bits per heavy atom. The van der Waals surface area contributed by atoms with Gasteiger partial charge in [0.2, 0.25) is 0 Å². The second-order valence-corrected chi connectivity index (χ2v) is 9.16. The normalized spacial score (nSPS) is 14.1. The van der Waals surface area contributed by atoms with Gasteiger partial charge >= 0.3 is 0 Å². The molecule has 0 saturated carbocycles. The quantitative estimate of drug-likeness (QED) is 0.300. The molecule has 8 heteroatoms. The van der Waals surface area contributed by atoms with Gasteiger partial charge in [-0.1, -0.05) is 59.6 Å². The van der Waals surface area contributed by atoms with Gasteiger partial charge in [0.25, 0.3) is 11.8 Å². The molecule has 4 aromatic rings. The molecule has 1 heterocycles. The van der Waals surface area contributed by atoms with Crippen LogP contribution in [0.3, 0.4) is 0 Å². The minimum absolute atomic E-state index is 0.191. The summed E-state index contributed by atoms with van der Waals surface area (Å²) < 4.78 is 5.94. The maximum atomic E-state index is 13.0. The van der Waals surface area contributed by atoms with E-state index in [1.54, 1.807) is 24.3 Å². The minimum Gasteiger partial charge on any atom is -0.455 e. The maximum Gasteiger partial charge on any atom is 0.291 e. The molecule has 1 aromatic heterocycles. The van der Waals surface area contributed by atoms with Gasteiger partial charge in [0.05, 0.1) is 16.4 Å². The molecule has 1 aliphatic rings. The number of benzene rings is 3. The summed E-state index contributed by atoms with van der Waals surface area (Å²) in [7, 11) is 0. The molecule has 0 unspecified atom stereocenters. The van der Waals surface area contributed by atoms with Gasteiger partial charge in [-0.25, -0.2) is 5.43 Å². The lowest BCUT2D eigenvalue weighted by Gasteiger charge is -2.13. The van der Waals surface area contributed by atoms with E-state index in [4.69, 9.17) is 27.6 Å². The minimum atomic E-state index is -0.416. The summed E-state index contributed by atoms with van der Waals surface area (Å²) in [6, 6.07) is 18.1. The number of aryl methyl sites for hydroxylation is 1. The Kier molecular flexibility index (Phi) is 6.32. The number of carbonyl (C=O) groups excluding carboxylic acids is 2. The van der Waals surface area contributed by atoms with Crippen molar-refractivity contribution in [1.82, 2.24) is 5.43 Å². The number of hydrogen-bond acceptors (Lipinski definition) is 4. The van der Waals surface area contributed by atoms with Gasteiger partial charge in [-0.15, -0.1) is 0 Å². The smallest absolute Gasteiger partial charge is 0.291 e. The molecule has 2 N–H and O–H groups in total. The Balaban J connectivity index is 1.41. The van der Waals surface area contributed by atoms with E-state index in [1.165, 1.54) is 0 Å². The van der Waals surface area contributed by atoms with Crippen molar-refractivity contribution in [1.29, 1.82) is 0 Å². The molecular weight excluding hydrogens is 485 g/mol. The molecule has 0 radical (unpaired) electrons. The number of halogens is 2. The van der Waals surface area contributed by atoms with Crippen molar-refractivity contribution >= 4 is 57.2 Å². The number of hydrogen-bond donors (Lipinski definition) is 2. The van der Waals surface area contributed by atoms with Crippen LogP contribution in [0.4, 0.5) is 5.69 Å². The number of rotatable bonds is 4. The van der Waals surface area contributed by atoms with E-state index in [0.29, 0.717) is 51.2 Å². The number of nitrogens with one attached hydrogen (secondary N) is 2. The number of fused-ring (bicyclic) bond motifs is 2. The van der Waals surface area contributed by atoms with Crippen molar-refractivity contribution in [3.8, 4) is 0 Å². The number of hydrazone groups is 1. The summed E-state index contributed by atoms with van der Waals surface area (Å²) >= 11 is 12.1. The fraction of sp³-hybridized carbons (Fsp3) is 0.148. The SMILES string of the molecule is Cc1c(C(=O)Nc2ccc(Cl)cc2Cl)oc2c1/C(=N/NC(=O)c1cccc3ccccc13)CCC2. The van der Waals surface area contributed by atoms with E-state index in [1.807, 2.05) is 43.3 Å². The molecule has 0 fully saturated rings. The molecule has 0 atom stereocenters. The molecule has 0 bridgehead atoms. The van der Waals surface area contributed by atoms with E-state index in [-0.39, 0.29) is 11.7 Å². The van der Waals surface area contributed by atoms with Gasteiger partial charge in [-0.3, -0.25) is 9.59 Å². The summed E-state index contributed by atoms with van der Waals surface area (Å²) in [4.78, 5) is 25.9. The molecule has 1 aliphatic carbocycles. The van der Waals surface area contributed by atoms with Crippen LogP contribution in [0.2, 0.25) is 10.0 Å². The number of anilines is 1. The fourth-order valence-corrected chi connectivity index (χ4v) is 4.82. The maximum absolute atomic E-state index is 13.0. The first-order valence-corrected chi connectivity index (χ1v) is 11.9. The highest BCUT2D eigenvalue weighted by atomic mass is 35.5. The van der Waals surface area contributed by atoms with E-state index >= 15 is 0 Å². The first-order valence-electron chi connectivity index (χ1n) is 11.2. The second-order valence-electron chi connectivity index (χ2n) is 8.31. The average Bonchev–Trinajstić information content (AvgIpc) is 3.21. The summed E-state index contributed by atoms with van der Waals surface area (Å²) in [5, 5.41) is 9.86. The highest BCUT2D eigenvalue weighted by Crippen LogP contribution is 2.31. The van der Waals surface area contributed by atoms with Gasteiger partial charge < -0.3 is 9.73 Å². The number of carbonyl (C=O) groups is 2. The monoisotopic (exact) mass is 505 g/mol. The van der Waals surface area contributed by atoms with E-state index in [9.17, 15) is 9.59 Å². The van der Waals surface area contributed by atoms with Crippen molar-refractivity contribution < 1.29 is 14.0 Å². The number of amides is 2. The molecule has 0 spiro atoms. The van der Waals surface area contributed by atoms with Crippen molar-refractivity contribution in [2.24, 2.45) is 5.10 Å². The van der Waals surface area contributed by atoms with Crippen molar-refractivity contribution in [3.63, 3.8) is 0 Å². The summed E-state index contributed by atoms with van der Waals surface area (Å²) in [5.74, 6) is 0.161. The molecule has 0 aliphatic heterocycles. The van der Waals surface area contributed by atoms with E-state index in [2.05, 4.69) is 15.8 Å². The summed E-state index contributed by atoms with van der Waals surface area (Å²) in [6.45, 7) is 1.81. The summed E-state index contributed by atoms with van der Waals surface area (Å²) in [5.41, 5.74) is 5.80. The van der Waals surface area contributed by atoms with Crippen LogP contribution in [-0.4, -0.2) is 17.5 Å². The number of furan rings is 1. The highest BCUT2D eigenvalue weighted by Gasteiger charge is 2.28. The first-order chi connectivity index (χ1) is 16.9. The van der Waals surface area contributed by atoms with Crippen LogP contribution >= 0.6 is 23.2 Å². The third-order valence-electron chi connectivity index (χ3n) is 6.04. The standard InChI is InChI=1S/C27H21Cl2N3O3/c1-15-24-22(31-32-26(33)19-9-4-7-16-6-2-3-8-18(16)19)10-5-11-23(24)35-25(15)27(34)30-21-13-12-17(28)14-20(21)29/h2-4,6-9,12-14H,5,10-11H2,1H3,(H,30,34)(H,32,33)/b31-22+. The molecule has 35 heavy (non-hydrogen) atoms. The van der Waals surface area contributed by atoms with Crippen molar-refractivity contribution in [2.45, 2.75) is 26.2 Å². The van der Waals surface area contributed by atoms with Crippen LogP contribution in [0.1, 0.15) is 50.6 Å². The summed E-state index contributed by atoms with van der Waals surface area (Å²) in [6.07, 6.45) is 2.14. The average molecular weight is 506 g/mol. The Morgan fingerprint density at radius 2 is 1.77 bits per heavy atom. The predicted molar refractivity (Wildman–Crippen MR) is 139 cm³/mol. The highest BCUT2D eigenvalue weighted by molar-refractivity contribution is 6.36. The molecule has 0 saturated heterocycles. The zero-order valence-electron chi connectivity index (χ0n) is 18.8. The Morgan fingerprint density at radius 1 is 0.971 bits per heavy atom. The van der Waals surface area contributed by atoms with E-state index in [0.717, 1.165) is 22.8 Å². The van der Waals surface area contributed by atoms with E-state index < -0.39 is 5.91 Å². The lowest BCUT2D eigenvalue weighted by Crippen LogP contribution is -2.22. The van der Waals surface area contributed by atoms with Gasteiger partial charge in [0, 0.05) is 28.1 Å².